The van der Waals surface area contributed by atoms with E-state index in [1.165, 1.54) is 0 Å². The van der Waals surface area contributed by atoms with Gasteiger partial charge >= 0.3 is 5.97 Å². The van der Waals surface area contributed by atoms with Crippen molar-refractivity contribution in [3.05, 3.63) is 52.5 Å². The van der Waals surface area contributed by atoms with Crippen molar-refractivity contribution in [1.29, 1.82) is 0 Å². The standard InChI is InChI=1S/C17H16BrNO4/c1-3-16(20)19-12-5-7-13(8-6-12)23-17(21)11-4-9-15(22-2)14(18)10-11/h4-10H,3H2,1-2H3,(H,19,20). The zero-order valence-electron chi connectivity index (χ0n) is 12.8. The lowest BCUT2D eigenvalue weighted by Crippen LogP contribution is -2.10. The van der Waals surface area contributed by atoms with E-state index in [4.69, 9.17) is 9.47 Å². The Kier molecular flexibility index (Phi) is 5.76. The van der Waals surface area contributed by atoms with Crippen LogP contribution in [-0.2, 0) is 4.79 Å². The summed E-state index contributed by atoms with van der Waals surface area (Å²) < 4.78 is 11.1. The number of methoxy groups -OCH3 is 1. The fourth-order valence-electron chi connectivity index (χ4n) is 1.82. The van der Waals surface area contributed by atoms with Crippen LogP contribution >= 0.6 is 15.9 Å². The molecular formula is C17H16BrNO4. The first-order chi connectivity index (χ1) is 11.0. The average Bonchev–Trinajstić information content (AvgIpc) is 2.56. The maximum absolute atomic E-state index is 12.1. The molecule has 0 radical (unpaired) electrons. The van der Waals surface area contributed by atoms with Gasteiger partial charge in [0, 0.05) is 12.1 Å². The summed E-state index contributed by atoms with van der Waals surface area (Å²) in [6.07, 6.45) is 0.406. The maximum Gasteiger partial charge on any atom is 0.343 e. The van der Waals surface area contributed by atoms with E-state index in [2.05, 4.69) is 21.2 Å². The highest BCUT2D eigenvalue weighted by Gasteiger charge is 2.11. The minimum absolute atomic E-state index is 0.0715. The fourth-order valence-corrected chi connectivity index (χ4v) is 2.36. The number of amides is 1. The van der Waals surface area contributed by atoms with Crippen LogP contribution in [0.1, 0.15) is 23.7 Å². The van der Waals surface area contributed by atoms with E-state index < -0.39 is 5.97 Å². The Labute approximate surface area is 142 Å². The summed E-state index contributed by atoms with van der Waals surface area (Å²) in [5.41, 5.74) is 1.06. The van der Waals surface area contributed by atoms with Crippen LogP contribution in [-0.4, -0.2) is 19.0 Å². The highest BCUT2D eigenvalue weighted by Crippen LogP contribution is 2.26. The van der Waals surface area contributed by atoms with Crippen molar-refractivity contribution in [2.45, 2.75) is 13.3 Å². The van der Waals surface area contributed by atoms with Gasteiger partial charge in [-0.3, -0.25) is 4.79 Å². The second-order valence-electron chi connectivity index (χ2n) is 4.66. The van der Waals surface area contributed by atoms with Gasteiger partial charge in [0.1, 0.15) is 11.5 Å². The predicted octanol–water partition coefficient (Wildman–Crippen LogP) is 4.03. The minimum Gasteiger partial charge on any atom is -0.496 e. The van der Waals surface area contributed by atoms with Gasteiger partial charge < -0.3 is 14.8 Å². The molecule has 2 rings (SSSR count). The van der Waals surface area contributed by atoms with Crippen LogP contribution in [0.5, 0.6) is 11.5 Å². The smallest absolute Gasteiger partial charge is 0.343 e. The summed E-state index contributed by atoms with van der Waals surface area (Å²) in [7, 11) is 1.55. The number of benzene rings is 2. The number of esters is 1. The second kappa shape index (κ2) is 7.78. The summed E-state index contributed by atoms with van der Waals surface area (Å²) in [6.45, 7) is 1.78. The molecule has 23 heavy (non-hydrogen) atoms. The third kappa shape index (κ3) is 4.56. The van der Waals surface area contributed by atoms with E-state index in [-0.39, 0.29) is 5.91 Å². The van der Waals surface area contributed by atoms with E-state index >= 15 is 0 Å². The van der Waals surface area contributed by atoms with E-state index in [1.54, 1.807) is 56.5 Å². The van der Waals surface area contributed by atoms with Crippen molar-refractivity contribution in [3.8, 4) is 11.5 Å². The Morgan fingerprint density at radius 1 is 1.13 bits per heavy atom. The Bertz CT molecular complexity index is 713. The molecular weight excluding hydrogens is 362 g/mol. The Morgan fingerprint density at radius 3 is 2.39 bits per heavy atom. The number of carbonyl (C=O) groups excluding carboxylic acids is 2. The van der Waals surface area contributed by atoms with Gasteiger partial charge in [-0.2, -0.15) is 0 Å². The molecule has 0 saturated carbocycles. The molecule has 0 heterocycles. The van der Waals surface area contributed by atoms with Crippen molar-refractivity contribution < 1.29 is 19.1 Å². The first-order valence-electron chi connectivity index (χ1n) is 6.99. The molecule has 1 N–H and O–H groups in total. The number of anilines is 1. The average molecular weight is 378 g/mol. The fraction of sp³-hybridized carbons (Fsp3) is 0.176. The van der Waals surface area contributed by atoms with Crippen molar-refractivity contribution in [2.24, 2.45) is 0 Å². The van der Waals surface area contributed by atoms with Crippen LogP contribution in [0.4, 0.5) is 5.69 Å². The van der Waals surface area contributed by atoms with Crippen LogP contribution in [0.3, 0.4) is 0 Å². The summed E-state index contributed by atoms with van der Waals surface area (Å²) in [5, 5.41) is 2.72. The highest BCUT2D eigenvalue weighted by molar-refractivity contribution is 9.10. The monoisotopic (exact) mass is 377 g/mol. The zero-order valence-corrected chi connectivity index (χ0v) is 14.3. The Morgan fingerprint density at radius 2 is 1.83 bits per heavy atom. The van der Waals surface area contributed by atoms with Gasteiger partial charge in [0.05, 0.1) is 17.1 Å². The zero-order chi connectivity index (χ0) is 16.8. The molecule has 0 bridgehead atoms. The first kappa shape index (κ1) is 17.0. The van der Waals surface area contributed by atoms with Gasteiger partial charge in [0.2, 0.25) is 5.91 Å². The van der Waals surface area contributed by atoms with E-state index in [0.29, 0.717) is 33.6 Å². The number of nitrogens with one attached hydrogen (secondary N) is 1. The van der Waals surface area contributed by atoms with Gasteiger partial charge in [-0.15, -0.1) is 0 Å². The van der Waals surface area contributed by atoms with E-state index in [0.717, 1.165) is 0 Å². The highest BCUT2D eigenvalue weighted by atomic mass is 79.9. The van der Waals surface area contributed by atoms with Gasteiger partial charge in [0.25, 0.3) is 0 Å². The predicted molar refractivity (Wildman–Crippen MR) is 91.0 cm³/mol. The molecule has 0 aliphatic rings. The molecule has 120 valence electrons. The lowest BCUT2D eigenvalue weighted by atomic mass is 10.2. The molecule has 2 aromatic rings. The summed E-state index contributed by atoms with van der Waals surface area (Å²) >= 11 is 3.33. The molecule has 0 aliphatic carbocycles. The van der Waals surface area contributed by atoms with Crippen molar-refractivity contribution in [3.63, 3.8) is 0 Å². The molecule has 5 nitrogen and oxygen atoms in total. The number of carbonyl (C=O) groups is 2. The van der Waals surface area contributed by atoms with Crippen LogP contribution in [0.2, 0.25) is 0 Å². The van der Waals surface area contributed by atoms with Crippen molar-refractivity contribution in [1.82, 2.24) is 0 Å². The molecule has 0 saturated heterocycles. The SMILES string of the molecule is CCC(=O)Nc1ccc(OC(=O)c2ccc(OC)c(Br)c2)cc1. The molecule has 0 unspecified atom stereocenters. The first-order valence-corrected chi connectivity index (χ1v) is 7.78. The van der Waals surface area contributed by atoms with Crippen molar-refractivity contribution in [2.75, 3.05) is 12.4 Å². The molecule has 2 aromatic carbocycles. The van der Waals surface area contributed by atoms with Gasteiger partial charge in [-0.25, -0.2) is 4.79 Å². The number of hydrogen-bond acceptors (Lipinski definition) is 4. The Hall–Kier alpha value is -2.34. The largest absolute Gasteiger partial charge is 0.496 e. The third-order valence-electron chi connectivity index (χ3n) is 3.06. The number of rotatable bonds is 5. The topological polar surface area (TPSA) is 64.6 Å². The van der Waals surface area contributed by atoms with Crippen molar-refractivity contribution >= 4 is 33.5 Å². The van der Waals surface area contributed by atoms with Crippen LogP contribution in [0.15, 0.2) is 46.9 Å². The lowest BCUT2D eigenvalue weighted by molar-refractivity contribution is -0.115. The molecule has 0 atom stereocenters. The Balaban J connectivity index is 2.05. The summed E-state index contributed by atoms with van der Waals surface area (Å²) in [6, 6.07) is 11.6. The summed E-state index contributed by atoms with van der Waals surface area (Å²) in [4.78, 5) is 23.4. The van der Waals surface area contributed by atoms with Gasteiger partial charge in [-0.1, -0.05) is 6.92 Å². The van der Waals surface area contributed by atoms with Crippen LogP contribution in [0, 0.1) is 0 Å². The van der Waals surface area contributed by atoms with Gasteiger partial charge in [0.15, 0.2) is 0 Å². The molecule has 0 spiro atoms. The van der Waals surface area contributed by atoms with Crippen LogP contribution in [0.25, 0.3) is 0 Å². The van der Waals surface area contributed by atoms with E-state index in [9.17, 15) is 9.59 Å². The normalized spacial score (nSPS) is 10.0. The molecule has 6 heteroatoms. The molecule has 0 aromatic heterocycles. The maximum atomic E-state index is 12.1. The van der Waals surface area contributed by atoms with Crippen LogP contribution < -0.4 is 14.8 Å². The molecule has 0 fully saturated rings. The van der Waals surface area contributed by atoms with Gasteiger partial charge in [-0.05, 0) is 58.4 Å². The van der Waals surface area contributed by atoms with E-state index in [1.807, 2.05) is 0 Å². The third-order valence-corrected chi connectivity index (χ3v) is 3.68. The quantitative estimate of drug-likeness (QED) is 0.631. The second-order valence-corrected chi connectivity index (χ2v) is 5.52. The number of halogens is 1. The number of hydrogen-bond donors (Lipinski definition) is 1. The lowest BCUT2D eigenvalue weighted by Gasteiger charge is -2.08. The molecule has 1 amide bonds. The molecule has 0 aliphatic heterocycles. The number of ether oxygens (including phenoxy) is 2. The summed E-state index contributed by atoms with van der Waals surface area (Å²) in [5.74, 6) is 0.491. The minimum atomic E-state index is -0.473.